The van der Waals surface area contributed by atoms with Crippen LogP contribution in [-0.4, -0.2) is 0 Å². The van der Waals surface area contributed by atoms with Crippen molar-refractivity contribution in [2.45, 2.75) is 26.3 Å². The molecule has 0 aliphatic carbocycles. The monoisotopic (exact) mass is 336 g/mol. The summed E-state index contributed by atoms with van der Waals surface area (Å²) in [5, 5.41) is 0. The van der Waals surface area contributed by atoms with Crippen molar-refractivity contribution in [1.82, 2.24) is 5.43 Å². The van der Waals surface area contributed by atoms with E-state index in [-0.39, 0.29) is 11.9 Å². The van der Waals surface area contributed by atoms with E-state index in [9.17, 15) is 4.39 Å². The molecule has 0 spiro atoms. The number of hydrazine groups is 1. The maximum atomic E-state index is 13.2. The van der Waals surface area contributed by atoms with Crippen LogP contribution in [0.1, 0.15) is 28.3 Å². The summed E-state index contributed by atoms with van der Waals surface area (Å²) in [6, 6.07) is 10.8. The predicted molar refractivity (Wildman–Crippen MR) is 83.8 cm³/mol. The summed E-state index contributed by atoms with van der Waals surface area (Å²) in [6.07, 6.45) is 0.763. The van der Waals surface area contributed by atoms with E-state index in [2.05, 4.69) is 47.3 Å². The molecule has 1 atom stereocenters. The normalized spacial score (nSPS) is 12.4. The van der Waals surface area contributed by atoms with Crippen molar-refractivity contribution in [2.75, 3.05) is 0 Å². The molecule has 0 bridgehead atoms. The minimum atomic E-state index is -0.261. The Kier molecular flexibility index (Phi) is 4.91. The highest BCUT2D eigenvalue weighted by molar-refractivity contribution is 9.10. The molecule has 0 saturated heterocycles. The Morgan fingerprint density at radius 3 is 2.40 bits per heavy atom. The van der Waals surface area contributed by atoms with Gasteiger partial charge in [0.15, 0.2) is 0 Å². The first kappa shape index (κ1) is 15.2. The van der Waals surface area contributed by atoms with E-state index in [0.717, 1.165) is 16.5 Å². The zero-order valence-corrected chi connectivity index (χ0v) is 13.2. The average molecular weight is 337 g/mol. The summed E-state index contributed by atoms with van der Waals surface area (Å²) < 4.78 is 13.9. The smallest absolute Gasteiger partial charge is 0.124 e. The number of halogens is 2. The van der Waals surface area contributed by atoms with Gasteiger partial charge in [0.05, 0.1) is 6.04 Å². The van der Waals surface area contributed by atoms with Crippen LogP contribution in [0.15, 0.2) is 40.9 Å². The van der Waals surface area contributed by atoms with Crippen molar-refractivity contribution in [3.8, 4) is 0 Å². The molecule has 106 valence electrons. The standard InChI is InChI=1S/C16H18BrFN2/c1-10-4-3-5-11(2)14(10)9-16(20-19)13-7-6-12(18)8-15(13)17/h3-8,16,20H,9,19H2,1-2H3. The SMILES string of the molecule is Cc1cccc(C)c1CC(NN)c1ccc(F)cc1Br. The molecule has 2 nitrogen and oxygen atoms in total. The Bertz CT molecular complexity index is 593. The number of rotatable bonds is 4. The Balaban J connectivity index is 2.34. The van der Waals surface area contributed by atoms with Gasteiger partial charge >= 0.3 is 0 Å². The molecule has 0 aromatic heterocycles. The summed E-state index contributed by atoms with van der Waals surface area (Å²) in [4.78, 5) is 0. The molecule has 0 heterocycles. The molecule has 0 aliphatic heterocycles. The second-order valence-electron chi connectivity index (χ2n) is 4.96. The quantitative estimate of drug-likeness (QED) is 0.655. The molecule has 4 heteroatoms. The molecule has 20 heavy (non-hydrogen) atoms. The van der Waals surface area contributed by atoms with Gasteiger partial charge in [-0.3, -0.25) is 11.3 Å². The van der Waals surface area contributed by atoms with Crippen molar-refractivity contribution in [3.05, 3.63) is 68.9 Å². The van der Waals surface area contributed by atoms with Crippen LogP contribution in [0.2, 0.25) is 0 Å². The molecule has 0 fully saturated rings. The summed E-state index contributed by atoms with van der Waals surface area (Å²) in [6.45, 7) is 4.19. The van der Waals surface area contributed by atoms with Gasteiger partial charge in [-0.15, -0.1) is 0 Å². The van der Waals surface area contributed by atoms with Gasteiger partial charge in [0.1, 0.15) is 5.82 Å². The van der Waals surface area contributed by atoms with E-state index in [1.54, 1.807) is 6.07 Å². The highest BCUT2D eigenvalue weighted by Gasteiger charge is 2.16. The number of aryl methyl sites for hydroxylation is 2. The fraction of sp³-hybridized carbons (Fsp3) is 0.250. The minimum Gasteiger partial charge on any atom is -0.271 e. The zero-order valence-electron chi connectivity index (χ0n) is 11.6. The van der Waals surface area contributed by atoms with Gasteiger partial charge in [-0.05, 0) is 54.7 Å². The number of nitrogens with one attached hydrogen (secondary N) is 1. The molecule has 1 unspecified atom stereocenters. The molecule has 2 rings (SSSR count). The van der Waals surface area contributed by atoms with E-state index >= 15 is 0 Å². The van der Waals surface area contributed by atoms with Crippen LogP contribution in [0.25, 0.3) is 0 Å². The third kappa shape index (κ3) is 3.26. The van der Waals surface area contributed by atoms with Crippen molar-refractivity contribution in [3.63, 3.8) is 0 Å². The van der Waals surface area contributed by atoms with Crippen LogP contribution in [0.5, 0.6) is 0 Å². The second kappa shape index (κ2) is 6.48. The highest BCUT2D eigenvalue weighted by atomic mass is 79.9. The third-order valence-electron chi connectivity index (χ3n) is 3.59. The van der Waals surface area contributed by atoms with E-state index in [0.29, 0.717) is 0 Å². The van der Waals surface area contributed by atoms with Gasteiger partial charge in [0.25, 0.3) is 0 Å². The van der Waals surface area contributed by atoms with Gasteiger partial charge in [-0.1, -0.05) is 40.2 Å². The summed E-state index contributed by atoms with van der Waals surface area (Å²) >= 11 is 3.40. The van der Waals surface area contributed by atoms with Gasteiger partial charge in [0, 0.05) is 4.47 Å². The van der Waals surface area contributed by atoms with Gasteiger partial charge in [0.2, 0.25) is 0 Å². The van der Waals surface area contributed by atoms with Crippen molar-refractivity contribution >= 4 is 15.9 Å². The maximum absolute atomic E-state index is 13.2. The first-order valence-electron chi connectivity index (χ1n) is 6.49. The van der Waals surface area contributed by atoms with Crippen molar-refractivity contribution < 1.29 is 4.39 Å². The number of hydrogen-bond donors (Lipinski definition) is 2. The van der Waals surface area contributed by atoms with Crippen molar-refractivity contribution in [2.24, 2.45) is 5.84 Å². The number of hydrogen-bond acceptors (Lipinski definition) is 2. The second-order valence-corrected chi connectivity index (χ2v) is 5.81. The van der Waals surface area contributed by atoms with E-state index in [1.807, 2.05) is 6.07 Å². The Morgan fingerprint density at radius 2 is 1.85 bits per heavy atom. The Hall–Kier alpha value is -1.23. The van der Waals surface area contributed by atoms with Crippen LogP contribution in [0.4, 0.5) is 4.39 Å². The Labute approximate surface area is 127 Å². The predicted octanol–water partition coefficient (Wildman–Crippen LogP) is 3.95. The first-order valence-corrected chi connectivity index (χ1v) is 7.28. The number of benzene rings is 2. The minimum absolute atomic E-state index is 0.0650. The fourth-order valence-electron chi connectivity index (χ4n) is 2.42. The summed E-state index contributed by atoms with van der Waals surface area (Å²) in [5.41, 5.74) is 7.53. The first-order chi connectivity index (χ1) is 9.52. The summed E-state index contributed by atoms with van der Waals surface area (Å²) in [7, 11) is 0. The van der Waals surface area contributed by atoms with Crippen LogP contribution >= 0.6 is 15.9 Å². The van der Waals surface area contributed by atoms with Crippen LogP contribution < -0.4 is 11.3 Å². The lowest BCUT2D eigenvalue weighted by Crippen LogP contribution is -2.30. The van der Waals surface area contributed by atoms with Gasteiger partial charge in [-0.2, -0.15) is 0 Å². The lowest BCUT2D eigenvalue weighted by molar-refractivity contribution is 0.545. The Morgan fingerprint density at radius 1 is 1.20 bits per heavy atom. The molecule has 0 aliphatic rings. The molecule has 3 N–H and O–H groups in total. The molecule has 0 saturated carbocycles. The van der Waals surface area contributed by atoms with Gasteiger partial charge in [-0.25, -0.2) is 4.39 Å². The summed E-state index contributed by atoms with van der Waals surface area (Å²) in [5.74, 6) is 5.43. The van der Waals surface area contributed by atoms with E-state index < -0.39 is 0 Å². The topological polar surface area (TPSA) is 38.0 Å². The molecule has 0 radical (unpaired) electrons. The lowest BCUT2D eigenvalue weighted by Gasteiger charge is -2.20. The van der Waals surface area contributed by atoms with Crippen LogP contribution in [0.3, 0.4) is 0 Å². The van der Waals surface area contributed by atoms with E-state index in [4.69, 9.17) is 5.84 Å². The molecule has 0 amide bonds. The molecular formula is C16H18BrFN2. The highest BCUT2D eigenvalue weighted by Crippen LogP contribution is 2.28. The largest absolute Gasteiger partial charge is 0.271 e. The molecule has 2 aromatic carbocycles. The average Bonchev–Trinajstić information content (AvgIpc) is 2.40. The van der Waals surface area contributed by atoms with Crippen LogP contribution in [0, 0.1) is 19.7 Å². The van der Waals surface area contributed by atoms with Crippen LogP contribution in [-0.2, 0) is 6.42 Å². The van der Waals surface area contributed by atoms with Gasteiger partial charge < -0.3 is 0 Å². The maximum Gasteiger partial charge on any atom is 0.124 e. The zero-order chi connectivity index (χ0) is 14.7. The third-order valence-corrected chi connectivity index (χ3v) is 4.28. The number of nitrogens with two attached hydrogens (primary N) is 1. The lowest BCUT2D eigenvalue weighted by atomic mass is 9.93. The molecular weight excluding hydrogens is 319 g/mol. The van der Waals surface area contributed by atoms with E-state index in [1.165, 1.54) is 28.8 Å². The fourth-order valence-corrected chi connectivity index (χ4v) is 3.05. The molecule has 2 aromatic rings. The van der Waals surface area contributed by atoms with Crippen molar-refractivity contribution in [1.29, 1.82) is 0 Å².